The normalized spacial score (nSPS) is 18.9. The summed E-state index contributed by atoms with van der Waals surface area (Å²) >= 11 is 1.27. The topological polar surface area (TPSA) is 143 Å². The summed E-state index contributed by atoms with van der Waals surface area (Å²) < 4.78 is 38.3. The van der Waals surface area contributed by atoms with Gasteiger partial charge in [0, 0.05) is 43.2 Å². The average molecular weight is 647 g/mol. The molecule has 1 atom stereocenters. The van der Waals surface area contributed by atoms with E-state index < -0.39 is 33.9 Å². The van der Waals surface area contributed by atoms with Gasteiger partial charge in [-0.05, 0) is 75.8 Å². The van der Waals surface area contributed by atoms with Crippen molar-refractivity contribution in [3.63, 3.8) is 0 Å². The molecule has 44 heavy (non-hydrogen) atoms. The Hall–Kier alpha value is -3.49. The summed E-state index contributed by atoms with van der Waals surface area (Å²) in [7, 11) is -3.89. The molecule has 0 radical (unpaired) electrons. The molecule has 2 aromatic rings. The van der Waals surface area contributed by atoms with Gasteiger partial charge in [-0.15, -0.1) is 11.3 Å². The number of nitrogens with one attached hydrogen (secondary N) is 1. The Morgan fingerprint density at radius 3 is 2.32 bits per heavy atom. The molecule has 0 saturated carbocycles. The van der Waals surface area contributed by atoms with Gasteiger partial charge in [0.15, 0.2) is 0 Å². The van der Waals surface area contributed by atoms with Gasteiger partial charge in [0.05, 0.1) is 36.1 Å². The van der Waals surface area contributed by atoms with Crippen molar-refractivity contribution in [1.82, 2.24) is 14.1 Å². The second-order valence-electron chi connectivity index (χ2n) is 11.0. The highest BCUT2D eigenvalue weighted by Crippen LogP contribution is 2.39. The van der Waals surface area contributed by atoms with Crippen molar-refractivity contribution < 1.29 is 37.1 Å². The average Bonchev–Trinajstić information content (AvgIpc) is 3.69. The first kappa shape index (κ1) is 31.9. The van der Waals surface area contributed by atoms with Gasteiger partial charge < -0.3 is 24.6 Å². The van der Waals surface area contributed by atoms with Gasteiger partial charge in [-0.3, -0.25) is 14.4 Å². The van der Waals surface area contributed by atoms with Crippen LogP contribution < -0.4 is 5.32 Å². The fourth-order valence-electron chi connectivity index (χ4n) is 5.88. The number of esters is 1. The number of rotatable bonds is 8. The van der Waals surface area contributed by atoms with Gasteiger partial charge in [0.25, 0.3) is 11.8 Å². The Labute approximate surface area is 261 Å². The zero-order valence-corrected chi connectivity index (χ0v) is 26.6. The van der Waals surface area contributed by atoms with Crippen LogP contribution in [0.15, 0.2) is 29.2 Å². The second kappa shape index (κ2) is 13.7. The molecular weight excluding hydrogens is 608 g/mol. The number of sulfonamides is 1. The third kappa shape index (κ3) is 6.61. The molecular formula is C30H38N4O8S2. The Bertz CT molecular complexity index is 1520. The van der Waals surface area contributed by atoms with Gasteiger partial charge in [-0.2, -0.15) is 4.31 Å². The highest BCUT2D eigenvalue weighted by Gasteiger charge is 2.35. The van der Waals surface area contributed by atoms with Gasteiger partial charge in [-0.1, -0.05) is 0 Å². The summed E-state index contributed by atoms with van der Waals surface area (Å²) in [4.78, 5) is 55.8. The molecule has 5 rings (SSSR count). The highest BCUT2D eigenvalue weighted by atomic mass is 32.2. The number of amides is 3. The molecule has 3 aliphatic rings. The maximum absolute atomic E-state index is 13.6. The molecule has 4 heterocycles. The monoisotopic (exact) mass is 646 g/mol. The van der Waals surface area contributed by atoms with E-state index in [1.807, 2.05) is 0 Å². The molecule has 0 bridgehead atoms. The van der Waals surface area contributed by atoms with E-state index >= 15 is 0 Å². The largest absolute Gasteiger partial charge is 0.466 e. The molecule has 238 valence electrons. The molecule has 3 amide bonds. The minimum Gasteiger partial charge on any atom is -0.466 e. The first-order valence-corrected chi connectivity index (χ1v) is 17.3. The lowest BCUT2D eigenvalue weighted by Crippen LogP contribution is -2.42. The van der Waals surface area contributed by atoms with Gasteiger partial charge in [0.2, 0.25) is 10.0 Å². The van der Waals surface area contributed by atoms with Crippen LogP contribution in [0.3, 0.4) is 0 Å². The van der Waals surface area contributed by atoms with E-state index in [1.54, 1.807) is 23.6 Å². The summed E-state index contributed by atoms with van der Waals surface area (Å²) in [5.41, 5.74) is 1.53. The van der Waals surface area contributed by atoms with Crippen molar-refractivity contribution in [3.8, 4) is 0 Å². The van der Waals surface area contributed by atoms with E-state index in [0.717, 1.165) is 23.3 Å². The summed E-state index contributed by atoms with van der Waals surface area (Å²) in [5.74, 6) is -1.53. The summed E-state index contributed by atoms with van der Waals surface area (Å²) in [6, 6.07) is 5.64. The van der Waals surface area contributed by atoms with Gasteiger partial charge >= 0.3 is 12.1 Å². The predicted octanol–water partition coefficient (Wildman–Crippen LogP) is 3.71. The molecule has 0 spiro atoms. The number of anilines is 1. The van der Waals surface area contributed by atoms with Crippen LogP contribution in [0.5, 0.6) is 0 Å². The molecule has 12 nitrogen and oxygen atoms in total. The molecule has 14 heteroatoms. The fourth-order valence-corrected chi connectivity index (χ4v) is 8.66. The smallest absolute Gasteiger partial charge is 0.410 e. The number of likely N-dealkylation sites (tertiary alicyclic amines) is 1. The number of nitrogens with zero attached hydrogens (tertiary/aromatic N) is 3. The Morgan fingerprint density at radius 1 is 0.932 bits per heavy atom. The van der Waals surface area contributed by atoms with Crippen LogP contribution in [0.4, 0.5) is 9.80 Å². The van der Waals surface area contributed by atoms with Crippen LogP contribution >= 0.6 is 11.3 Å². The lowest BCUT2D eigenvalue weighted by atomic mass is 10.0. The van der Waals surface area contributed by atoms with Crippen molar-refractivity contribution in [2.45, 2.75) is 57.4 Å². The number of benzene rings is 1. The van der Waals surface area contributed by atoms with E-state index in [4.69, 9.17) is 9.47 Å². The lowest BCUT2D eigenvalue weighted by molar-refractivity contribution is -0.149. The maximum Gasteiger partial charge on any atom is 0.410 e. The van der Waals surface area contributed by atoms with E-state index in [9.17, 15) is 27.6 Å². The number of carbonyl (C=O) groups is 4. The van der Waals surface area contributed by atoms with E-state index in [0.29, 0.717) is 56.0 Å². The summed E-state index contributed by atoms with van der Waals surface area (Å²) in [6.45, 7) is 6.30. The SMILES string of the molecule is CCOC(=O)C1CCCN(S(=O)(=O)c2ccc(C(=O)Nc3sc4c(c3C(=O)N3CCCC3)CCN(C(=O)OCC)C4)cc2)C1. The Kier molecular flexibility index (Phi) is 9.90. The Balaban J connectivity index is 1.34. The number of piperidine rings is 1. The van der Waals surface area contributed by atoms with Crippen LogP contribution in [0.1, 0.15) is 70.7 Å². The van der Waals surface area contributed by atoms with Crippen molar-refractivity contribution in [2.75, 3.05) is 51.3 Å². The predicted molar refractivity (Wildman–Crippen MR) is 163 cm³/mol. The summed E-state index contributed by atoms with van der Waals surface area (Å²) in [6.07, 6.45) is 3.01. The van der Waals surface area contributed by atoms with Crippen LogP contribution in [0.2, 0.25) is 0 Å². The molecule has 3 aliphatic heterocycles. The molecule has 1 aromatic heterocycles. The fraction of sp³-hybridized carbons (Fsp3) is 0.533. The molecule has 1 aromatic carbocycles. The van der Waals surface area contributed by atoms with Crippen molar-refractivity contribution in [2.24, 2.45) is 5.92 Å². The number of ether oxygens (including phenoxy) is 2. The first-order chi connectivity index (χ1) is 21.1. The number of fused-ring (bicyclic) bond motifs is 1. The molecule has 1 N–H and O–H groups in total. The molecule has 1 unspecified atom stereocenters. The van der Waals surface area contributed by atoms with Crippen LogP contribution in [0.25, 0.3) is 0 Å². The molecule has 0 aliphatic carbocycles. The minimum absolute atomic E-state index is 0.0223. The second-order valence-corrected chi connectivity index (χ2v) is 14.1. The maximum atomic E-state index is 13.6. The number of carbonyl (C=O) groups excluding carboxylic acids is 4. The van der Waals surface area contributed by atoms with E-state index in [1.165, 1.54) is 39.9 Å². The highest BCUT2D eigenvalue weighted by molar-refractivity contribution is 7.89. The van der Waals surface area contributed by atoms with Crippen LogP contribution in [0, 0.1) is 5.92 Å². The van der Waals surface area contributed by atoms with E-state index in [-0.39, 0.29) is 42.7 Å². The minimum atomic E-state index is -3.89. The zero-order chi connectivity index (χ0) is 31.4. The number of thiophene rings is 1. The lowest BCUT2D eigenvalue weighted by Gasteiger charge is -2.30. The number of hydrogen-bond donors (Lipinski definition) is 1. The number of hydrogen-bond acceptors (Lipinski definition) is 9. The third-order valence-electron chi connectivity index (χ3n) is 8.18. The molecule has 2 saturated heterocycles. The van der Waals surface area contributed by atoms with Crippen LogP contribution in [-0.2, 0) is 37.3 Å². The van der Waals surface area contributed by atoms with Crippen molar-refractivity contribution >= 4 is 50.2 Å². The zero-order valence-electron chi connectivity index (χ0n) is 25.0. The van der Waals surface area contributed by atoms with E-state index in [2.05, 4.69) is 5.32 Å². The van der Waals surface area contributed by atoms with Crippen LogP contribution in [-0.4, -0.2) is 92.3 Å². The van der Waals surface area contributed by atoms with Crippen molar-refractivity contribution in [3.05, 3.63) is 45.8 Å². The quantitative estimate of drug-likeness (QED) is 0.428. The van der Waals surface area contributed by atoms with Gasteiger partial charge in [0.1, 0.15) is 5.00 Å². The Morgan fingerprint density at radius 2 is 1.64 bits per heavy atom. The standard InChI is InChI=1S/C30H38N4O8S2/c1-3-41-29(37)21-8-7-16-34(18-21)44(39,40)22-11-9-20(10-12-22)26(35)31-27-25(28(36)32-14-5-6-15-32)23-13-17-33(19-24(23)43-27)30(38)42-4-2/h9-12,21H,3-8,13-19H2,1-2H3,(H,31,35). The summed E-state index contributed by atoms with van der Waals surface area (Å²) in [5, 5.41) is 3.31. The third-order valence-corrected chi connectivity index (χ3v) is 11.2. The molecule has 2 fully saturated rings. The first-order valence-electron chi connectivity index (χ1n) is 15.1. The van der Waals surface area contributed by atoms with Gasteiger partial charge in [-0.25, -0.2) is 13.2 Å². The van der Waals surface area contributed by atoms with Crippen molar-refractivity contribution in [1.29, 1.82) is 0 Å².